The van der Waals surface area contributed by atoms with E-state index in [-0.39, 0.29) is 23.7 Å². The van der Waals surface area contributed by atoms with Gasteiger partial charge < -0.3 is 10.1 Å². The topological polar surface area (TPSA) is 115 Å². The van der Waals surface area contributed by atoms with Crippen molar-refractivity contribution in [1.29, 1.82) is 0 Å². The van der Waals surface area contributed by atoms with Crippen molar-refractivity contribution < 1.29 is 14.3 Å². The SMILES string of the molecule is CCOC(=O)c1cn[nH]c1NC(=O)c1cn(C)nn1. The standard InChI is InChI=1S/C10H12N6O3/c1-3-19-10(18)6-4-11-14-8(6)12-9(17)7-5-16(2)15-13-7/h4-5H,3H2,1-2H3,(H2,11,12,14,17). The van der Waals surface area contributed by atoms with Gasteiger partial charge >= 0.3 is 5.97 Å². The summed E-state index contributed by atoms with van der Waals surface area (Å²) in [5.74, 6) is -0.900. The second-order valence-corrected chi connectivity index (χ2v) is 3.61. The Hall–Kier alpha value is -2.71. The van der Waals surface area contributed by atoms with E-state index in [4.69, 9.17) is 4.74 Å². The van der Waals surface area contributed by atoms with Crippen LogP contribution in [0.1, 0.15) is 27.8 Å². The van der Waals surface area contributed by atoms with Gasteiger partial charge in [0, 0.05) is 7.05 Å². The number of hydrogen-bond donors (Lipinski definition) is 2. The van der Waals surface area contributed by atoms with Crippen molar-refractivity contribution in [2.75, 3.05) is 11.9 Å². The molecule has 0 aliphatic heterocycles. The van der Waals surface area contributed by atoms with Crippen molar-refractivity contribution in [3.63, 3.8) is 0 Å². The largest absolute Gasteiger partial charge is 0.462 e. The summed E-state index contributed by atoms with van der Waals surface area (Å²) in [6, 6.07) is 0. The fraction of sp³-hybridized carbons (Fsp3) is 0.300. The second kappa shape index (κ2) is 5.29. The van der Waals surface area contributed by atoms with E-state index in [1.807, 2.05) is 0 Å². The highest BCUT2D eigenvalue weighted by molar-refractivity contribution is 6.05. The minimum Gasteiger partial charge on any atom is -0.462 e. The summed E-state index contributed by atoms with van der Waals surface area (Å²) < 4.78 is 6.23. The van der Waals surface area contributed by atoms with Crippen LogP contribution in [0.4, 0.5) is 5.82 Å². The number of amides is 1. The molecule has 0 radical (unpaired) electrons. The summed E-state index contributed by atoms with van der Waals surface area (Å²) in [7, 11) is 1.64. The van der Waals surface area contributed by atoms with Gasteiger partial charge in [-0.25, -0.2) is 4.79 Å². The molecular formula is C10H12N6O3. The van der Waals surface area contributed by atoms with E-state index < -0.39 is 11.9 Å². The van der Waals surface area contributed by atoms with Crippen molar-refractivity contribution in [3.05, 3.63) is 23.7 Å². The average Bonchev–Trinajstić information content (AvgIpc) is 2.98. The second-order valence-electron chi connectivity index (χ2n) is 3.61. The molecule has 1 amide bonds. The van der Waals surface area contributed by atoms with Crippen LogP contribution in [0.15, 0.2) is 12.4 Å². The fourth-order valence-electron chi connectivity index (χ4n) is 1.37. The van der Waals surface area contributed by atoms with Crippen LogP contribution in [0, 0.1) is 0 Å². The fourth-order valence-corrected chi connectivity index (χ4v) is 1.37. The smallest absolute Gasteiger partial charge is 0.343 e. The molecule has 0 saturated heterocycles. The van der Waals surface area contributed by atoms with E-state index in [2.05, 4.69) is 25.8 Å². The molecule has 2 aromatic heterocycles. The van der Waals surface area contributed by atoms with Gasteiger partial charge in [0.25, 0.3) is 5.91 Å². The first kappa shape index (κ1) is 12.7. The Bertz CT molecular complexity index is 602. The summed E-state index contributed by atoms with van der Waals surface area (Å²) in [6.45, 7) is 1.93. The number of H-pyrrole nitrogens is 1. The minimum atomic E-state index is -0.564. The molecule has 19 heavy (non-hydrogen) atoms. The quantitative estimate of drug-likeness (QED) is 0.749. The van der Waals surface area contributed by atoms with Crippen LogP contribution in [0.3, 0.4) is 0 Å². The van der Waals surface area contributed by atoms with Gasteiger partial charge in [0.1, 0.15) is 11.4 Å². The van der Waals surface area contributed by atoms with Gasteiger partial charge in [-0.2, -0.15) is 5.10 Å². The van der Waals surface area contributed by atoms with Gasteiger partial charge in [-0.1, -0.05) is 5.21 Å². The maximum Gasteiger partial charge on any atom is 0.343 e. The van der Waals surface area contributed by atoms with Crippen LogP contribution < -0.4 is 5.32 Å². The summed E-state index contributed by atoms with van der Waals surface area (Å²) in [4.78, 5) is 23.4. The molecule has 0 bridgehead atoms. The predicted octanol–water partition coefficient (Wildman–Crippen LogP) is -0.0328. The van der Waals surface area contributed by atoms with E-state index in [9.17, 15) is 9.59 Å². The lowest BCUT2D eigenvalue weighted by atomic mass is 10.3. The van der Waals surface area contributed by atoms with Gasteiger partial charge in [0.2, 0.25) is 0 Å². The molecule has 0 aromatic carbocycles. The number of esters is 1. The first-order valence-corrected chi connectivity index (χ1v) is 5.50. The van der Waals surface area contributed by atoms with Gasteiger partial charge in [-0.15, -0.1) is 5.10 Å². The zero-order valence-corrected chi connectivity index (χ0v) is 10.4. The molecule has 2 heterocycles. The van der Waals surface area contributed by atoms with Gasteiger partial charge in [-0.05, 0) is 6.92 Å². The molecule has 0 saturated carbocycles. The summed E-state index contributed by atoms with van der Waals surface area (Å²) in [6.07, 6.45) is 2.74. The lowest BCUT2D eigenvalue weighted by Crippen LogP contribution is -2.16. The normalized spacial score (nSPS) is 10.2. The number of rotatable bonds is 4. The third-order valence-corrected chi connectivity index (χ3v) is 2.21. The van der Waals surface area contributed by atoms with E-state index in [1.165, 1.54) is 17.1 Å². The Morgan fingerprint density at radius 1 is 1.53 bits per heavy atom. The molecule has 0 aliphatic carbocycles. The highest BCUT2D eigenvalue weighted by atomic mass is 16.5. The number of aromatic nitrogens is 5. The predicted molar refractivity (Wildman–Crippen MR) is 63.5 cm³/mol. The van der Waals surface area contributed by atoms with Crippen molar-refractivity contribution >= 4 is 17.7 Å². The zero-order chi connectivity index (χ0) is 13.8. The van der Waals surface area contributed by atoms with Crippen LogP contribution in [0.5, 0.6) is 0 Å². The highest BCUT2D eigenvalue weighted by Crippen LogP contribution is 2.13. The van der Waals surface area contributed by atoms with Crippen molar-refractivity contribution in [3.8, 4) is 0 Å². The Morgan fingerprint density at radius 3 is 2.95 bits per heavy atom. The Balaban J connectivity index is 2.13. The monoisotopic (exact) mass is 264 g/mol. The van der Waals surface area contributed by atoms with Crippen LogP contribution >= 0.6 is 0 Å². The van der Waals surface area contributed by atoms with E-state index >= 15 is 0 Å². The van der Waals surface area contributed by atoms with Crippen LogP contribution in [-0.2, 0) is 11.8 Å². The molecule has 2 rings (SSSR count). The van der Waals surface area contributed by atoms with Crippen LogP contribution in [0.2, 0.25) is 0 Å². The zero-order valence-electron chi connectivity index (χ0n) is 10.4. The number of carbonyl (C=O) groups excluding carboxylic acids is 2. The molecule has 0 atom stereocenters. The first-order valence-electron chi connectivity index (χ1n) is 5.50. The molecule has 2 N–H and O–H groups in total. The molecular weight excluding hydrogens is 252 g/mol. The molecule has 100 valence electrons. The minimum absolute atomic E-state index is 0.131. The molecule has 0 unspecified atom stereocenters. The molecule has 9 nitrogen and oxygen atoms in total. The van der Waals surface area contributed by atoms with Gasteiger partial charge in [-0.3, -0.25) is 14.6 Å². The Kier molecular flexibility index (Phi) is 3.55. The molecule has 0 aliphatic rings. The van der Waals surface area contributed by atoms with Crippen LogP contribution in [-0.4, -0.2) is 43.7 Å². The number of nitrogens with zero attached hydrogens (tertiary/aromatic N) is 4. The Labute approximate surface area is 107 Å². The van der Waals surface area contributed by atoms with Gasteiger partial charge in [0.15, 0.2) is 5.69 Å². The van der Waals surface area contributed by atoms with Crippen molar-refractivity contribution in [2.45, 2.75) is 6.92 Å². The molecule has 0 fully saturated rings. The Morgan fingerprint density at radius 2 is 2.32 bits per heavy atom. The number of hydrogen-bond acceptors (Lipinski definition) is 6. The lowest BCUT2D eigenvalue weighted by Gasteiger charge is -2.03. The molecule has 9 heteroatoms. The van der Waals surface area contributed by atoms with Crippen molar-refractivity contribution in [1.82, 2.24) is 25.2 Å². The first-order chi connectivity index (χ1) is 9.11. The van der Waals surface area contributed by atoms with Crippen LogP contribution in [0.25, 0.3) is 0 Å². The number of ether oxygens (including phenoxy) is 1. The highest BCUT2D eigenvalue weighted by Gasteiger charge is 2.18. The summed E-state index contributed by atoms with van der Waals surface area (Å²) in [5.41, 5.74) is 0.283. The van der Waals surface area contributed by atoms with E-state index in [0.717, 1.165) is 0 Å². The number of anilines is 1. The third-order valence-electron chi connectivity index (χ3n) is 2.21. The molecule has 2 aromatic rings. The summed E-state index contributed by atoms with van der Waals surface area (Å²) >= 11 is 0. The average molecular weight is 264 g/mol. The third kappa shape index (κ3) is 2.76. The summed E-state index contributed by atoms with van der Waals surface area (Å²) in [5, 5.41) is 16.0. The van der Waals surface area contributed by atoms with Crippen molar-refractivity contribution in [2.24, 2.45) is 7.05 Å². The number of aryl methyl sites for hydroxylation is 1. The number of aromatic amines is 1. The van der Waals surface area contributed by atoms with E-state index in [1.54, 1.807) is 14.0 Å². The lowest BCUT2D eigenvalue weighted by molar-refractivity contribution is 0.0527. The molecule has 0 spiro atoms. The van der Waals surface area contributed by atoms with Gasteiger partial charge in [0.05, 0.1) is 19.0 Å². The maximum absolute atomic E-state index is 11.8. The number of nitrogens with one attached hydrogen (secondary N) is 2. The number of carbonyl (C=O) groups is 2. The van der Waals surface area contributed by atoms with E-state index in [0.29, 0.717) is 0 Å². The maximum atomic E-state index is 11.8.